The fraction of sp³-hybridized carbons (Fsp3) is 0.364. The largest absolute Gasteiger partial charge is 0.371 e. The second-order valence-electron chi connectivity index (χ2n) is 7.27. The van der Waals surface area contributed by atoms with Gasteiger partial charge in [-0.25, -0.2) is 4.79 Å². The average molecular weight is 380 g/mol. The number of rotatable bonds is 6. The standard InChI is InChI=1S/C22H28N4O2/c1-16-5-3-4-6-20(16)26-12-11-18(15-26)14-24-22(28)25-19-9-7-17(8-10-19)13-21(27)23-2/h3-10,18H,11-15H2,1-2H3,(H,23,27)(H2,24,25,28). The third-order valence-corrected chi connectivity index (χ3v) is 5.15. The summed E-state index contributed by atoms with van der Waals surface area (Å²) in [6.07, 6.45) is 1.41. The van der Waals surface area contributed by atoms with E-state index in [4.69, 9.17) is 0 Å². The molecular weight excluding hydrogens is 352 g/mol. The number of amides is 3. The molecule has 0 saturated carbocycles. The fourth-order valence-corrected chi connectivity index (χ4v) is 3.53. The van der Waals surface area contributed by atoms with Crippen LogP contribution in [0, 0.1) is 12.8 Å². The molecule has 0 spiro atoms. The van der Waals surface area contributed by atoms with Crippen molar-refractivity contribution >= 4 is 23.3 Å². The molecular formula is C22H28N4O2. The number of hydrogen-bond donors (Lipinski definition) is 3. The lowest BCUT2D eigenvalue weighted by atomic mass is 10.1. The van der Waals surface area contributed by atoms with Crippen LogP contribution in [0.3, 0.4) is 0 Å². The van der Waals surface area contributed by atoms with Gasteiger partial charge in [0.05, 0.1) is 6.42 Å². The molecule has 0 radical (unpaired) electrons. The Balaban J connectivity index is 1.43. The molecule has 1 aliphatic rings. The molecule has 1 unspecified atom stereocenters. The van der Waals surface area contributed by atoms with E-state index in [1.165, 1.54) is 11.3 Å². The molecule has 6 heteroatoms. The summed E-state index contributed by atoms with van der Waals surface area (Å²) in [6.45, 7) is 4.77. The second kappa shape index (κ2) is 9.26. The Morgan fingerprint density at radius 3 is 2.57 bits per heavy atom. The van der Waals surface area contributed by atoms with Crippen LogP contribution in [-0.2, 0) is 11.2 Å². The highest BCUT2D eigenvalue weighted by molar-refractivity contribution is 5.89. The van der Waals surface area contributed by atoms with Crippen LogP contribution in [0.1, 0.15) is 17.5 Å². The third-order valence-electron chi connectivity index (χ3n) is 5.15. The summed E-state index contributed by atoms with van der Waals surface area (Å²) in [4.78, 5) is 26.0. The molecule has 1 fully saturated rings. The topological polar surface area (TPSA) is 73.5 Å². The van der Waals surface area contributed by atoms with Crippen LogP contribution in [0.2, 0.25) is 0 Å². The summed E-state index contributed by atoms with van der Waals surface area (Å²) >= 11 is 0. The minimum Gasteiger partial charge on any atom is -0.371 e. The van der Waals surface area contributed by atoms with Crippen LogP contribution in [0.4, 0.5) is 16.2 Å². The molecule has 0 aromatic heterocycles. The van der Waals surface area contributed by atoms with Crippen LogP contribution in [0.15, 0.2) is 48.5 Å². The van der Waals surface area contributed by atoms with Gasteiger partial charge in [-0.3, -0.25) is 4.79 Å². The van der Waals surface area contributed by atoms with Crippen molar-refractivity contribution in [2.45, 2.75) is 19.8 Å². The van der Waals surface area contributed by atoms with Crippen LogP contribution >= 0.6 is 0 Å². The highest BCUT2D eigenvalue weighted by atomic mass is 16.2. The smallest absolute Gasteiger partial charge is 0.319 e. The van der Waals surface area contributed by atoms with Crippen LogP contribution in [-0.4, -0.2) is 38.6 Å². The van der Waals surface area contributed by atoms with E-state index in [-0.39, 0.29) is 11.9 Å². The Kier molecular flexibility index (Phi) is 6.53. The number of para-hydroxylation sites is 1. The lowest BCUT2D eigenvalue weighted by molar-refractivity contribution is -0.119. The molecule has 148 valence electrons. The van der Waals surface area contributed by atoms with Crippen molar-refractivity contribution in [3.8, 4) is 0 Å². The Hall–Kier alpha value is -3.02. The predicted molar refractivity (Wildman–Crippen MR) is 113 cm³/mol. The summed E-state index contributed by atoms with van der Waals surface area (Å²) in [5, 5.41) is 8.42. The molecule has 1 heterocycles. The monoisotopic (exact) mass is 380 g/mol. The van der Waals surface area contributed by atoms with Gasteiger partial charge in [0, 0.05) is 38.1 Å². The highest BCUT2D eigenvalue weighted by Gasteiger charge is 2.23. The zero-order valence-electron chi connectivity index (χ0n) is 16.5. The molecule has 0 aliphatic carbocycles. The molecule has 28 heavy (non-hydrogen) atoms. The van der Waals surface area contributed by atoms with E-state index >= 15 is 0 Å². The first-order valence-corrected chi connectivity index (χ1v) is 9.70. The number of nitrogens with zero attached hydrogens (tertiary/aromatic N) is 1. The molecule has 6 nitrogen and oxygen atoms in total. The molecule has 1 aliphatic heterocycles. The van der Waals surface area contributed by atoms with E-state index in [1.54, 1.807) is 7.05 Å². The Morgan fingerprint density at radius 1 is 1.11 bits per heavy atom. The third kappa shape index (κ3) is 5.25. The van der Waals surface area contributed by atoms with Crippen molar-refractivity contribution in [3.05, 3.63) is 59.7 Å². The SMILES string of the molecule is CNC(=O)Cc1ccc(NC(=O)NCC2CCN(c3ccccc3C)C2)cc1. The van der Waals surface area contributed by atoms with Crippen molar-refractivity contribution in [2.24, 2.45) is 5.92 Å². The van der Waals surface area contributed by atoms with Crippen LogP contribution in [0.25, 0.3) is 0 Å². The van der Waals surface area contributed by atoms with Gasteiger partial charge in [0.15, 0.2) is 0 Å². The number of likely N-dealkylation sites (N-methyl/N-ethyl adjacent to an activating group) is 1. The number of hydrogen-bond acceptors (Lipinski definition) is 3. The number of anilines is 2. The van der Waals surface area contributed by atoms with E-state index < -0.39 is 0 Å². The summed E-state index contributed by atoms with van der Waals surface area (Å²) in [6, 6.07) is 15.5. The van der Waals surface area contributed by atoms with Crippen LogP contribution in [0.5, 0.6) is 0 Å². The van der Waals surface area contributed by atoms with E-state index in [2.05, 4.69) is 52.0 Å². The van der Waals surface area contributed by atoms with Crippen LogP contribution < -0.4 is 20.9 Å². The number of benzene rings is 2. The fourth-order valence-electron chi connectivity index (χ4n) is 3.53. The van der Waals surface area contributed by atoms with Crippen molar-refractivity contribution in [1.29, 1.82) is 0 Å². The molecule has 2 aromatic rings. The van der Waals surface area contributed by atoms with E-state index in [0.29, 0.717) is 24.6 Å². The minimum absolute atomic E-state index is 0.0326. The molecule has 3 rings (SSSR count). The summed E-state index contributed by atoms with van der Waals surface area (Å²) in [5.41, 5.74) is 4.19. The van der Waals surface area contributed by atoms with Gasteiger partial charge >= 0.3 is 6.03 Å². The molecule has 3 amide bonds. The highest BCUT2D eigenvalue weighted by Crippen LogP contribution is 2.26. The number of aryl methyl sites for hydroxylation is 1. The van der Waals surface area contributed by atoms with E-state index in [9.17, 15) is 9.59 Å². The first-order valence-electron chi connectivity index (χ1n) is 9.70. The molecule has 2 aromatic carbocycles. The van der Waals surface area contributed by atoms with Gasteiger partial charge in [-0.2, -0.15) is 0 Å². The number of carbonyl (C=O) groups is 2. The Morgan fingerprint density at radius 2 is 1.86 bits per heavy atom. The van der Waals surface area contributed by atoms with Crippen molar-refractivity contribution in [2.75, 3.05) is 36.9 Å². The van der Waals surface area contributed by atoms with Gasteiger partial charge < -0.3 is 20.9 Å². The van der Waals surface area contributed by atoms with Gasteiger partial charge in [0.2, 0.25) is 5.91 Å². The van der Waals surface area contributed by atoms with E-state index in [1.807, 2.05) is 24.3 Å². The second-order valence-corrected chi connectivity index (χ2v) is 7.27. The predicted octanol–water partition coefficient (Wildman–Crippen LogP) is 2.93. The lowest BCUT2D eigenvalue weighted by Crippen LogP contribution is -2.34. The van der Waals surface area contributed by atoms with Gasteiger partial charge in [0.25, 0.3) is 0 Å². The zero-order chi connectivity index (χ0) is 19.9. The number of carbonyl (C=O) groups excluding carboxylic acids is 2. The van der Waals surface area contributed by atoms with Crippen molar-refractivity contribution in [3.63, 3.8) is 0 Å². The Bertz CT molecular complexity index is 820. The van der Waals surface area contributed by atoms with Gasteiger partial charge in [-0.15, -0.1) is 0 Å². The maximum Gasteiger partial charge on any atom is 0.319 e. The number of urea groups is 1. The molecule has 1 atom stereocenters. The maximum atomic E-state index is 12.2. The summed E-state index contributed by atoms with van der Waals surface area (Å²) in [5.74, 6) is 0.412. The Labute approximate surface area is 166 Å². The van der Waals surface area contributed by atoms with Gasteiger partial charge in [-0.05, 0) is 48.6 Å². The quantitative estimate of drug-likeness (QED) is 0.721. The van der Waals surface area contributed by atoms with Gasteiger partial charge in [0.1, 0.15) is 0 Å². The summed E-state index contributed by atoms with van der Waals surface area (Å²) < 4.78 is 0. The molecule has 0 bridgehead atoms. The first kappa shape index (κ1) is 19.7. The maximum absolute atomic E-state index is 12.2. The zero-order valence-corrected chi connectivity index (χ0v) is 16.5. The van der Waals surface area contributed by atoms with E-state index in [0.717, 1.165) is 25.1 Å². The lowest BCUT2D eigenvalue weighted by Gasteiger charge is -2.21. The average Bonchev–Trinajstić information content (AvgIpc) is 3.17. The normalized spacial score (nSPS) is 15.9. The first-order chi connectivity index (χ1) is 13.5. The summed E-state index contributed by atoms with van der Waals surface area (Å²) in [7, 11) is 1.62. The van der Waals surface area contributed by atoms with Gasteiger partial charge in [-0.1, -0.05) is 30.3 Å². The van der Waals surface area contributed by atoms with Crippen molar-refractivity contribution < 1.29 is 9.59 Å². The molecule has 3 N–H and O–H groups in total. The number of nitrogens with one attached hydrogen (secondary N) is 3. The minimum atomic E-state index is -0.201. The van der Waals surface area contributed by atoms with Crippen molar-refractivity contribution in [1.82, 2.24) is 10.6 Å². The molecule has 1 saturated heterocycles.